The lowest BCUT2D eigenvalue weighted by Gasteiger charge is -2.23. The molecule has 1 fully saturated rings. The molecule has 1 N–H and O–H groups in total. The van der Waals surface area contributed by atoms with Crippen molar-refractivity contribution in [3.63, 3.8) is 0 Å². The maximum Gasteiger partial charge on any atom is 0.264 e. The van der Waals surface area contributed by atoms with Gasteiger partial charge in [0.1, 0.15) is 11.8 Å². The van der Waals surface area contributed by atoms with Crippen LogP contribution >= 0.6 is 11.3 Å². The molecule has 0 unspecified atom stereocenters. The van der Waals surface area contributed by atoms with Gasteiger partial charge in [-0.3, -0.25) is 9.59 Å². The first-order valence-electron chi connectivity index (χ1n) is 8.45. The predicted molar refractivity (Wildman–Crippen MR) is 91.0 cm³/mol. The van der Waals surface area contributed by atoms with E-state index in [4.69, 9.17) is 4.42 Å². The number of hydrogen-bond acceptors (Lipinski definition) is 4. The summed E-state index contributed by atoms with van der Waals surface area (Å²) in [5.41, 5.74) is 1.32. The molecule has 1 aliphatic heterocycles. The molecule has 1 aliphatic carbocycles. The highest BCUT2D eigenvalue weighted by Crippen LogP contribution is 2.32. The van der Waals surface area contributed by atoms with E-state index in [1.54, 1.807) is 28.6 Å². The zero-order chi connectivity index (χ0) is 16.5. The Morgan fingerprint density at radius 2 is 2.25 bits per heavy atom. The number of furan rings is 1. The van der Waals surface area contributed by atoms with Crippen LogP contribution < -0.4 is 5.32 Å². The molecular weight excluding hydrogens is 324 g/mol. The fourth-order valence-corrected chi connectivity index (χ4v) is 4.77. The molecule has 0 spiro atoms. The first kappa shape index (κ1) is 15.4. The van der Waals surface area contributed by atoms with Crippen LogP contribution in [0.15, 0.2) is 28.9 Å². The average Bonchev–Trinajstić information content (AvgIpc) is 3.35. The molecule has 3 heterocycles. The first-order chi connectivity index (χ1) is 11.7. The van der Waals surface area contributed by atoms with Crippen molar-refractivity contribution < 1.29 is 14.0 Å². The fourth-order valence-electron chi connectivity index (χ4n) is 3.56. The second-order valence-corrected chi connectivity index (χ2v) is 7.50. The molecule has 4 rings (SSSR count). The van der Waals surface area contributed by atoms with Crippen LogP contribution in [0.25, 0.3) is 0 Å². The van der Waals surface area contributed by atoms with Gasteiger partial charge in [-0.25, -0.2) is 0 Å². The molecule has 2 aromatic heterocycles. The molecule has 0 radical (unpaired) electrons. The summed E-state index contributed by atoms with van der Waals surface area (Å²) in [4.78, 5) is 29.2. The van der Waals surface area contributed by atoms with Crippen molar-refractivity contribution in [2.45, 2.75) is 44.7 Å². The van der Waals surface area contributed by atoms with E-state index in [0.717, 1.165) is 30.6 Å². The first-order valence-corrected chi connectivity index (χ1v) is 9.26. The van der Waals surface area contributed by atoms with Crippen molar-refractivity contribution in [2.24, 2.45) is 0 Å². The minimum absolute atomic E-state index is 0.00467. The number of hydrogen-bond donors (Lipinski definition) is 1. The van der Waals surface area contributed by atoms with Gasteiger partial charge in [-0.2, -0.15) is 0 Å². The van der Waals surface area contributed by atoms with Crippen molar-refractivity contribution in [1.29, 1.82) is 0 Å². The van der Waals surface area contributed by atoms with E-state index in [1.165, 1.54) is 16.9 Å². The van der Waals surface area contributed by atoms with Crippen LogP contribution in [0.4, 0.5) is 0 Å². The highest BCUT2D eigenvalue weighted by Gasteiger charge is 2.35. The topological polar surface area (TPSA) is 62.6 Å². The zero-order valence-electron chi connectivity index (χ0n) is 13.4. The summed E-state index contributed by atoms with van der Waals surface area (Å²) < 4.78 is 5.23. The van der Waals surface area contributed by atoms with Crippen LogP contribution in [0, 0.1) is 0 Å². The van der Waals surface area contributed by atoms with E-state index in [-0.39, 0.29) is 17.9 Å². The average molecular weight is 344 g/mol. The smallest absolute Gasteiger partial charge is 0.264 e. The van der Waals surface area contributed by atoms with Crippen LogP contribution in [0.3, 0.4) is 0 Å². The summed E-state index contributed by atoms with van der Waals surface area (Å²) in [5, 5.41) is 2.88. The standard InChI is InChI=1S/C18H20N2O3S/c21-17(19-11-13-5-3-9-23-13)14-6-2-8-20(14)18(22)16-10-12-4-1-7-15(12)24-16/h3,5,9-10,14H,1-2,4,6-8,11H2,(H,19,21)/t14-/m0/s1. The molecule has 2 aromatic rings. The molecule has 0 aromatic carbocycles. The maximum atomic E-state index is 12.8. The molecule has 126 valence electrons. The van der Waals surface area contributed by atoms with Crippen molar-refractivity contribution >= 4 is 23.2 Å². The van der Waals surface area contributed by atoms with Crippen LogP contribution in [0.2, 0.25) is 0 Å². The summed E-state index contributed by atoms with van der Waals surface area (Å²) in [7, 11) is 0. The number of aryl methyl sites for hydroxylation is 2. The number of carbonyl (C=O) groups excluding carboxylic acids is 2. The summed E-state index contributed by atoms with van der Waals surface area (Å²) in [6.45, 7) is 1.01. The largest absolute Gasteiger partial charge is 0.467 e. The van der Waals surface area contributed by atoms with Gasteiger partial charge in [0.15, 0.2) is 0 Å². The van der Waals surface area contributed by atoms with Crippen LogP contribution in [-0.4, -0.2) is 29.3 Å². The van der Waals surface area contributed by atoms with Crippen molar-refractivity contribution in [3.05, 3.63) is 45.5 Å². The summed E-state index contributed by atoms with van der Waals surface area (Å²) in [6.07, 6.45) is 6.53. The van der Waals surface area contributed by atoms with E-state index in [0.29, 0.717) is 18.8 Å². The molecule has 2 aliphatic rings. The maximum absolute atomic E-state index is 12.8. The Morgan fingerprint density at radius 3 is 3.04 bits per heavy atom. The normalized spacial score (nSPS) is 19.5. The van der Waals surface area contributed by atoms with Gasteiger partial charge >= 0.3 is 0 Å². The number of amides is 2. The molecule has 2 amide bonds. The minimum Gasteiger partial charge on any atom is -0.467 e. The quantitative estimate of drug-likeness (QED) is 0.928. The Morgan fingerprint density at radius 1 is 1.33 bits per heavy atom. The van der Waals surface area contributed by atoms with E-state index in [1.807, 2.05) is 12.1 Å². The highest BCUT2D eigenvalue weighted by atomic mass is 32.1. The van der Waals surface area contributed by atoms with Gasteiger partial charge in [-0.1, -0.05) is 0 Å². The third kappa shape index (κ3) is 2.86. The minimum atomic E-state index is -0.371. The Hall–Kier alpha value is -2.08. The Balaban J connectivity index is 1.43. The van der Waals surface area contributed by atoms with Crippen molar-refractivity contribution in [1.82, 2.24) is 10.2 Å². The third-order valence-corrected chi connectivity index (χ3v) is 6.02. The summed E-state index contributed by atoms with van der Waals surface area (Å²) in [6, 6.07) is 5.28. The van der Waals surface area contributed by atoms with Crippen LogP contribution in [0.1, 0.15) is 45.1 Å². The second-order valence-electron chi connectivity index (χ2n) is 6.37. The van der Waals surface area contributed by atoms with Crippen LogP contribution in [-0.2, 0) is 24.2 Å². The lowest BCUT2D eigenvalue weighted by molar-refractivity contribution is -0.125. The van der Waals surface area contributed by atoms with Crippen LogP contribution in [0.5, 0.6) is 0 Å². The SMILES string of the molecule is O=C(NCc1ccco1)[C@@H]1CCCN1C(=O)c1cc2c(s1)CCC2. The van der Waals surface area contributed by atoms with Gasteiger partial charge in [-0.15, -0.1) is 11.3 Å². The van der Waals surface area contributed by atoms with Crippen molar-refractivity contribution in [2.75, 3.05) is 6.54 Å². The lowest BCUT2D eigenvalue weighted by Crippen LogP contribution is -2.45. The Labute approximate surface area is 144 Å². The molecule has 0 saturated carbocycles. The van der Waals surface area contributed by atoms with E-state index >= 15 is 0 Å². The molecule has 1 atom stereocenters. The summed E-state index contributed by atoms with van der Waals surface area (Å²) in [5.74, 6) is 0.625. The van der Waals surface area contributed by atoms with Gasteiger partial charge < -0.3 is 14.6 Å². The van der Waals surface area contributed by atoms with Gasteiger partial charge in [0.05, 0.1) is 17.7 Å². The predicted octanol–water partition coefficient (Wildman–Crippen LogP) is 2.75. The molecule has 5 nitrogen and oxygen atoms in total. The van der Waals surface area contributed by atoms with Gasteiger partial charge in [0, 0.05) is 11.4 Å². The van der Waals surface area contributed by atoms with E-state index in [2.05, 4.69) is 5.32 Å². The van der Waals surface area contributed by atoms with Crippen molar-refractivity contribution in [3.8, 4) is 0 Å². The number of carbonyl (C=O) groups is 2. The highest BCUT2D eigenvalue weighted by molar-refractivity contribution is 7.14. The summed E-state index contributed by atoms with van der Waals surface area (Å²) >= 11 is 1.60. The monoisotopic (exact) mass is 344 g/mol. The van der Waals surface area contributed by atoms with Gasteiger partial charge in [0.25, 0.3) is 5.91 Å². The molecule has 24 heavy (non-hydrogen) atoms. The number of nitrogens with one attached hydrogen (secondary N) is 1. The molecule has 0 bridgehead atoms. The number of likely N-dealkylation sites (tertiary alicyclic amines) is 1. The molecule has 6 heteroatoms. The Kier molecular flexibility index (Phi) is 4.14. The fraction of sp³-hybridized carbons (Fsp3) is 0.444. The number of thiophene rings is 1. The molecular formula is C18H20N2O3S. The number of rotatable bonds is 4. The lowest BCUT2D eigenvalue weighted by atomic mass is 10.2. The van der Waals surface area contributed by atoms with E-state index < -0.39 is 0 Å². The number of fused-ring (bicyclic) bond motifs is 1. The van der Waals surface area contributed by atoms with Gasteiger partial charge in [0.2, 0.25) is 5.91 Å². The number of nitrogens with zero attached hydrogens (tertiary/aromatic N) is 1. The second kappa shape index (κ2) is 6.43. The molecule has 1 saturated heterocycles. The zero-order valence-corrected chi connectivity index (χ0v) is 14.2. The van der Waals surface area contributed by atoms with Gasteiger partial charge in [-0.05, 0) is 55.9 Å². The Bertz CT molecular complexity index is 729. The third-order valence-electron chi connectivity index (χ3n) is 4.79. The van der Waals surface area contributed by atoms with E-state index in [9.17, 15) is 9.59 Å².